The fraction of sp³-hybridized carbons (Fsp3) is 0.938. The van der Waals surface area contributed by atoms with Gasteiger partial charge < -0.3 is 9.80 Å². The lowest BCUT2D eigenvalue weighted by atomic mass is 10.1. The third kappa shape index (κ3) is 5.41. The average molecular weight is 283 g/mol. The number of carbonyl (C=O) groups is 1. The maximum Gasteiger partial charge on any atom is 0.241 e. The summed E-state index contributed by atoms with van der Waals surface area (Å²) in [5.74, 6) is 0.937. The van der Waals surface area contributed by atoms with E-state index in [1.54, 1.807) is 0 Å². The molecule has 0 saturated carbocycles. The van der Waals surface area contributed by atoms with Crippen LogP contribution in [0.1, 0.15) is 52.9 Å². The third-order valence-corrected chi connectivity index (χ3v) is 3.88. The molecule has 4 heteroatoms. The van der Waals surface area contributed by atoms with Gasteiger partial charge in [0, 0.05) is 6.54 Å². The van der Waals surface area contributed by atoms with Gasteiger partial charge in [-0.3, -0.25) is 10.1 Å². The molecule has 0 spiro atoms. The number of carbonyl (C=O) groups excluding carboxylic acids is 1. The predicted octanol–water partition coefficient (Wildman–Crippen LogP) is 2.30. The molecule has 1 aliphatic heterocycles. The molecule has 2 atom stereocenters. The van der Waals surface area contributed by atoms with Crippen molar-refractivity contribution in [3.63, 3.8) is 0 Å². The molecule has 1 N–H and O–H groups in total. The molecule has 1 aliphatic rings. The van der Waals surface area contributed by atoms with Gasteiger partial charge in [0.05, 0.1) is 12.2 Å². The van der Waals surface area contributed by atoms with Crippen molar-refractivity contribution < 1.29 is 4.79 Å². The van der Waals surface area contributed by atoms with E-state index >= 15 is 0 Å². The molecule has 1 rings (SSSR count). The second-order valence-electron chi connectivity index (χ2n) is 6.70. The monoisotopic (exact) mass is 283 g/mol. The third-order valence-electron chi connectivity index (χ3n) is 3.88. The van der Waals surface area contributed by atoms with Crippen molar-refractivity contribution in [1.29, 1.82) is 0 Å². The second-order valence-corrected chi connectivity index (χ2v) is 6.70. The van der Waals surface area contributed by atoms with Gasteiger partial charge in [-0.15, -0.1) is 0 Å². The highest BCUT2D eigenvalue weighted by molar-refractivity contribution is 5.84. The van der Waals surface area contributed by atoms with Gasteiger partial charge in [-0.1, -0.05) is 27.2 Å². The summed E-state index contributed by atoms with van der Waals surface area (Å²) in [5, 5.41) is 3.54. The number of nitrogens with one attached hydrogen (secondary N) is 1. The number of unbranched alkanes of at least 4 members (excludes halogenated alkanes) is 1. The number of hydrogen-bond donors (Lipinski definition) is 1. The fourth-order valence-electron chi connectivity index (χ4n) is 2.86. The van der Waals surface area contributed by atoms with E-state index in [0.717, 1.165) is 45.2 Å². The molecule has 118 valence electrons. The molecule has 1 saturated heterocycles. The Hall–Kier alpha value is -0.610. The van der Waals surface area contributed by atoms with Crippen molar-refractivity contribution in [3.05, 3.63) is 0 Å². The van der Waals surface area contributed by atoms with Crippen molar-refractivity contribution in [3.8, 4) is 0 Å². The smallest absolute Gasteiger partial charge is 0.241 e. The van der Waals surface area contributed by atoms with E-state index in [2.05, 4.69) is 50.0 Å². The Morgan fingerprint density at radius 2 is 2.00 bits per heavy atom. The summed E-state index contributed by atoms with van der Waals surface area (Å²) in [6.07, 6.45) is 5.58. The molecule has 0 aromatic rings. The maximum atomic E-state index is 12.5. The molecule has 0 radical (unpaired) electrons. The fourth-order valence-corrected chi connectivity index (χ4v) is 2.86. The van der Waals surface area contributed by atoms with Crippen LogP contribution in [0.5, 0.6) is 0 Å². The minimum atomic E-state index is 0.0533. The van der Waals surface area contributed by atoms with Crippen LogP contribution < -0.4 is 5.32 Å². The quantitative estimate of drug-likeness (QED) is 0.660. The van der Waals surface area contributed by atoms with Crippen LogP contribution in [0.3, 0.4) is 0 Å². The summed E-state index contributed by atoms with van der Waals surface area (Å²) < 4.78 is 0. The lowest BCUT2D eigenvalue weighted by Gasteiger charge is -2.25. The van der Waals surface area contributed by atoms with Crippen LogP contribution in [0, 0.1) is 5.92 Å². The van der Waals surface area contributed by atoms with Gasteiger partial charge in [0.1, 0.15) is 0 Å². The van der Waals surface area contributed by atoms with E-state index in [1.165, 1.54) is 0 Å². The topological polar surface area (TPSA) is 35.6 Å². The first-order valence-electron chi connectivity index (χ1n) is 8.17. The standard InChI is InChI=1S/C16H33N3O/c1-6-9-14-16(20)19(11-8-7-10-18(4)5)15(17-14)12-13(2)3/h13-15,17H,6-12H2,1-5H3. The minimum absolute atomic E-state index is 0.0533. The van der Waals surface area contributed by atoms with Crippen molar-refractivity contribution >= 4 is 5.91 Å². The van der Waals surface area contributed by atoms with Crippen LogP contribution in [0.25, 0.3) is 0 Å². The lowest BCUT2D eigenvalue weighted by molar-refractivity contribution is -0.130. The lowest BCUT2D eigenvalue weighted by Crippen LogP contribution is -2.39. The summed E-state index contributed by atoms with van der Waals surface area (Å²) >= 11 is 0. The predicted molar refractivity (Wildman–Crippen MR) is 84.6 cm³/mol. The van der Waals surface area contributed by atoms with Gasteiger partial charge in [-0.25, -0.2) is 0 Å². The highest BCUT2D eigenvalue weighted by atomic mass is 16.2. The van der Waals surface area contributed by atoms with E-state index in [4.69, 9.17) is 0 Å². The Morgan fingerprint density at radius 3 is 2.55 bits per heavy atom. The van der Waals surface area contributed by atoms with Crippen LogP contribution in [-0.2, 0) is 4.79 Å². The molecule has 2 unspecified atom stereocenters. The number of nitrogens with zero attached hydrogens (tertiary/aromatic N) is 2. The highest BCUT2D eigenvalue weighted by Crippen LogP contribution is 2.20. The first-order chi connectivity index (χ1) is 9.45. The van der Waals surface area contributed by atoms with Gasteiger partial charge in [0.25, 0.3) is 0 Å². The summed E-state index contributed by atoms with van der Waals surface area (Å²) in [6, 6.07) is 0.0533. The van der Waals surface area contributed by atoms with Gasteiger partial charge in [-0.2, -0.15) is 0 Å². The molecule has 4 nitrogen and oxygen atoms in total. The van der Waals surface area contributed by atoms with E-state index in [0.29, 0.717) is 11.8 Å². The summed E-state index contributed by atoms with van der Waals surface area (Å²) in [5.41, 5.74) is 0. The number of rotatable bonds is 9. The second kappa shape index (κ2) is 8.63. The van der Waals surface area contributed by atoms with E-state index in [1.807, 2.05) is 0 Å². The Kier molecular flexibility index (Phi) is 7.52. The van der Waals surface area contributed by atoms with Crippen LogP contribution in [-0.4, -0.2) is 55.1 Å². The van der Waals surface area contributed by atoms with E-state index < -0.39 is 0 Å². The Balaban J connectivity index is 2.50. The van der Waals surface area contributed by atoms with Crippen LogP contribution in [0.2, 0.25) is 0 Å². The van der Waals surface area contributed by atoms with E-state index in [9.17, 15) is 4.79 Å². The summed E-state index contributed by atoms with van der Waals surface area (Å²) in [7, 11) is 4.20. The molecule has 0 aromatic heterocycles. The van der Waals surface area contributed by atoms with Crippen LogP contribution >= 0.6 is 0 Å². The molecule has 0 aromatic carbocycles. The molecule has 1 amide bonds. The van der Waals surface area contributed by atoms with Gasteiger partial charge >= 0.3 is 0 Å². The largest absolute Gasteiger partial charge is 0.326 e. The zero-order valence-corrected chi connectivity index (χ0v) is 14.0. The van der Waals surface area contributed by atoms with Gasteiger partial charge in [0.15, 0.2) is 0 Å². The SMILES string of the molecule is CCCC1NC(CC(C)C)N(CCCCN(C)C)C1=O. The Morgan fingerprint density at radius 1 is 1.30 bits per heavy atom. The number of hydrogen-bond acceptors (Lipinski definition) is 3. The molecular formula is C16H33N3O. The van der Waals surface area contributed by atoms with Gasteiger partial charge in [-0.05, 0) is 52.2 Å². The van der Waals surface area contributed by atoms with Gasteiger partial charge in [0.2, 0.25) is 5.91 Å². The molecule has 1 heterocycles. The molecule has 1 fully saturated rings. The average Bonchev–Trinajstić information content (AvgIpc) is 2.62. The first-order valence-corrected chi connectivity index (χ1v) is 8.17. The van der Waals surface area contributed by atoms with E-state index in [-0.39, 0.29) is 12.2 Å². The summed E-state index contributed by atoms with van der Waals surface area (Å²) in [6.45, 7) is 8.60. The zero-order chi connectivity index (χ0) is 15.1. The molecular weight excluding hydrogens is 250 g/mol. The molecule has 20 heavy (non-hydrogen) atoms. The highest BCUT2D eigenvalue weighted by Gasteiger charge is 2.37. The van der Waals surface area contributed by atoms with Crippen molar-refractivity contribution in [2.75, 3.05) is 27.2 Å². The maximum absolute atomic E-state index is 12.5. The normalized spacial score (nSPS) is 23.4. The minimum Gasteiger partial charge on any atom is -0.326 e. The van der Waals surface area contributed by atoms with Crippen LogP contribution in [0.4, 0.5) is 0 Å². The summed E-state index contributed by atoms with van der Waals surface area (Å²) in [4.78, 5) is 16.8. The Labute approximate surface area is 124 Å². The molecule has 0 aliphatic carbocycles. The number of amides is 1. The van der Waals surface area contributed by atoms with Crippen molar-refractivity contribution in [1.82, 2.24) is 15.1 Å². The van der Waals surface area contributed by atoms with Crippen LogP contribution in [0.15, 0.2) is 0 Å². The van der Waals surface area contributed by atoms with Crippen molar-refractivity contribution in [2.45, 2.75) is 65.1 Å². The first kappa shape index (κ1) is 17.4. The molecule has 0 bridgehead atoms. The van der Waals surface area contributed by atoms with Crippen molar-refractivity contribution in [2.24, 2.45) is 5.92 Å². The Bertz CT molecular complexity index is 291. The zero-order valence-electron chi connectivity index (χ0n) is 14.0.